The highest BCUT2D eigenvalue weighted by atomic mass is 15.2. The molecule has 2 unspecified atom stereocenters. The molecule has 0 radical (unpaired) electrons. The number of likely N-dealkylation sites (N-methyl/N-ethyl adjacent to an activating group) is 1. The average Bonchev–Trinajstić information content (AvgIpc) is 2.49. The van der Waals surface area contributed by atoms with E-state index in [2.05, 4.69) is 38.0 Å². The first-order valence-corrected chi connectivity index (χ1v) is 7.10. The van der Waals surface area contributed by atoms with Crippen molar-refractivity contribution in [1.82, 2.24) is 10.2 Å². The highest BCUT2D eigenvalue weighted by Gasteiger charge is 2.23. The second-order valence-electron chi connectivity index (χ2n) is 5.55. The summed E-state index contributed by atoms with van der Waals surface area (Å²) in [5.41, 5.74) is 0. The molecule has 1 heterocycles. The van der Waals surface area contributed by atoms with Gasteiger partial charge in [-0.1, -0.05) is 33.6 Å². The Bertz CT molecular complexity index is 180. The van der Waals surface area contributed by atoms with Crippen molar-refractivity contribution in [3.63, 3.8) is 0 Å². The molecule has 0 aromatic carbocycles. The fourth-order valence-electron chi connectivity index (χ4n) is 2.83. The van der Waals surface area contributed by atoms with Gasteiger partial charge in [0.2, 0.25) is 0 Å². The summed E-state index contributed by atoms with van der Waals surface area (Å²) in [7, 11) is 2.10. The van der Waals surface area contributed by atoms with Gasteiger partial charge in [-0.25, -0.2) is 0 Å². The molecule has 1 N–H and O–H groups in total. The molecule has 0 aliphatic carbocycles. The van der Waals surface area contributed by atoms with Gasteiger partial charge in [-0.2, -0.15) is 0 Å². The largest absolute Gasteiger partial charge is 0.315 e. The SMILES string of the molecule is CCC1CCCCCN1CC(NC)C(C)C. The lowest BCUT2D eigenvalue weighted by Gasteiger charge is -2.34. The highest BCUT2D eigenvalue weighted by Crippen LogP contribution is 2.20. The van der Waals surface area contributed by atoms with Gasteiger partial charge in [-0.3, -0.25) is 4.90 Å². The lowest BCUT2D eigenvalue weighted by Crippen LogP contribution is -2.46. The Kier molecular flexibility index (Phi) is 6.37. The van der Waals surface area contributed by atoms with Gasteiger partial charge in [0.05, 0.1) is 0 Å². The molecule has 1 aliphatic rings. The summed E-state index contributed by atoms with van der Waals surface area (Å²) in [6, 6.07) is 1.48. The maximum atomic E-state index is 3.47. The van der Waals surface area contributed by atoms with Crippen LogP contribution in [0.15, 0.2) is 0 Å². The lowest BCUT2D eigenvalue weighted by molar-refractivity contribution is 0.162. The Morgan fingerprint density at radius 1 is 1.25 bits per heavy atom. The number of rotatable bonds is 5. The van der Waals surface area contributed by atoms with Crippen LogP contribution >= 0.6 is 0 Å². The zero-order chi connectivity index (χ0) is 12.0. The first kappa shape index (κ1) is 14.0. The Balaban J connectivity index is 2.53. The topological polar surface area (TPSA) is 15.3 Å². The molecule has 16 heavy (non-hydrogen) atoms. The lowest BCUT2D eigenvalue weighted by atomic mass is 10.0. The van der Waals surface area contributed by atoms with Crippen molar-refractivity contribution in [3.05, 3.63) is 0 Å². The fraction of sp³-hybridized carbons (Fsp3) is 1.00. The van der Waals surface area contributed by atoms with Crippen molar-refractivity contribution in [3.8, 4) is 0 Å². The van der Waals surface area contributed by atoms with Crippen LogP contribution in [0.25, 0.3) is 0 Å². The van der Waals surface area contributed by atoms with Crippen LogP contribution in [-0.2, 0) is 0 Å². The molecule has 2 nitrogen and oxygen atoms in total. The first-order valence-electron chi connectivity index (χ1n) is 7.10. The molecule has 2 heteroatoms. The minimum Gasteiger partial charge on any atom is -0.315 e. The molecule has 2 atom stereocenters. The molecule has 0 aromatic heterocycles. The smallest absolute Gasteiger partial charge is 0.0215 e. The monoisotopic (exact) mass is 226 g/mol. The first-order chi connectivity index (χ1) is 7.69. The molecule has 1 saturated heterocycles. The predicted octanol–water partition coefficient (Wildman–Crippen LogP) is 2.89. The molecular formula is C14H30N2. The third-order valence-electron chi connectivity index (χ3n) is 4.08. The summed E-state index contributed by atoms with van der Waals surface area (Å²) in [6.07, 6.45) is 6.98. The standard InChI is InChI=1S/C14H30N2/c1-5-13-9-7-6-8-10-16(13)11-14(15-4)12(2)3/h12-15H,5-11H2,1-4H3. The van der Waals surface area contributed by atoms with E-state index in [0.29, 0.717) is 6.04 Å². The van der Waals surface area contributed by atoms with E-state index in [0.717, 1.165) is 12.0 Å². The van der Waals surface area contributed by atoms with E-state index in [9.17, 15) is 0 Å². The van der Waals surface area contributed by atoms with Gasteiger partial charge < -0.3 is 5.32 Å². The van der Waals surface area contributed by atoms with Crippen molar-refractivity contribution in [2.24, 2.45) is 5.92 Å². The molecule has 96 valence electrons. The van der Waals surface area contributed by atoms with E-state index in [1.807, 2.05) is 0 Å². The van der Waals surface area contributed by atoms with Gasteiger partial charge >= 0.3 is 0 Å². The van der Waals surface area contributed by atoms with E-state index in [4.69, 9.17) is 0 Å². The Labute approximate surface area is 102 Å². The predicted molar refractivity (Wildman–Crippen MR) is 71.8 cm³/mol. The van der Waals surface area contributed by atoms with Crippen LogP contribution in [0.4, 0.5) is 0 Å². The number of likely N-dealkylation sites (tertiary alicyclic amines) is 1. The van der Waals surface area contributed by atoms with Gasteiger partial charge in [0.1, 0.15) is 0 Å². The second kappa shape index (κ2) is 7.29. The zero-order valence-corrected chi connectivity index (χ0v) is 11.6. The van der Waals surface area contributed by atoms with Gasteiger partial charge in [-0.05, 0) is 38.8 Å². The van der Waals surface area contributed by atoms with Crippen molar-refractivity contribution in [1.29, 1.82) is 0 Å². The summed E-state index contributed by atoms with van der Waals surface area (Å²) in [5, 5.41) is 3.47. The molecule has 0 aromatic rings. The van der Waals surface area contributed by atoms with Crippen molar-refractivity contribution < 1.29 is 0 Å². The molecule has 0 amide bonds. The van der Waals surface area contributed by atoms with Gasteiger partial charge in [-0.15, -0.1) is 0 Å². The van der Waals surface area contributed by atoms with Crippen molar-refractivity contribution >= 4 is 0 Å². The number of nitrogens with one attached hydrogen (secondary N) is 1. The van der Waals surface area contributed by atoms with Gasteiger partial charge in [0.25, 0.3) is 0 Å². The van der Waals surface area contributed by atoms with Gasteiger partial charge in [0, 0.05) is 18.6 Å². The summed E-state index contributed by atoms with van der Waals surface area (Å²) in [6.45, 7) is 9.52. The summed E-state index contributed by atoms with van der Waals surface area (Å²) >= 11 is 0. The van der Waals surface area contributed by atoms with E-state index in [1.54, 1.807) is 0 Å². The third kappa shape index (κ3) is 4.06. The average molecular weight is 226 g/mol. The Morgan fingerprint density at radius 2 is 2.00 bits per heavy atom. The number of hydrogen-bond acceptors (Lipinski definition) is 2. The molecule has 0 saturated carbocycles. The summed E-state index contributed by atoms with van der Waals surface area (Å²) in [4.78, 5) is 2.73. The van der Waals surface area contributed by atoms with Crippen LogP contribution in [-0.4, -0.2) is 37.1 Å². The number of nitrogens with zero attached hydrogens (tertiary/aromatic N) is 1. The summed E-state index contributed by atoms with van der Waals surface area (Å²) < 4.78 is 0. The molecule has 1 aliphatic heterocycles. The quantitative estimate of drug-likeness (QED) is 0.775. The van der Waals surface area contributed by atoms with E-state index in [1.165, 1.54) is 45.2 Å². The molecule has 1 fully saturated rings. The molecule has 0 spiro atoms. The normalized spacial score (nSPS) is 25.7. The maximum absolute atomic E-state index is 3.47. The van der Waals surface area contributed by atoms with Crippen molar-refractivity contribution in [2.75, 3.05) is 20.1 Å². The third-order valence-corrected chi connectivity index (χ3v) is 4.08. The summed E-state index contributed by atoms with van der Waals surface area (Å²) in [5.74, 6) is 0.728. The van der Waals surface area contributed by atoms with Crippen LogP contribution in [0.3, 0.4) is 0 Å². The van der Waals surface area contributed by atoms with E-state index < -0.39 is 0 Å². The fourth-order valence-corrected chi connectivity index (χ4v) is 2.83. The zero-order valence-electron chi connectivity index (χ0n) is 11.6. The minimum absolute atomic E-state index is 0.646. The maximum Gasteiger partial charge on any atom is 0.0215 e. The van der Waals surface area contributed by atoms with E-state index in [-0.39, 0.29) is 0 Å². The molecular weight excluding hydrogens is 196 g/mol. The molecule has 1 rings (SSSR count). The second-order valence-corrected chi connectivity index (χ2v) is 5.55. The minimum atomic E-state index is 0.646. The van der Waals surface area contributed by atoms with Crippen LogP contribution in [0.5, 0.6) is 0 Å². The molecule has 0 bridgehead atoms. The highest BCUT2D eigenvalue weighted by molar-refractivity contribution is 4.80. The van der Waals surface area contributed by atoms with Crippen LogP contribution < -0.4 is 5.32 Å². The number of hydrogen-bond donors (Lipinski definition) is 1. The Hall–Kier alpha value is -0.0800. The van der Waals surface area contributed by atoms with Crippen LogP contribution in [0, 0.1) is 5.92 Å². The van der Waals surface area contributed by atoms with E-state index >= 15 is 0 Å². The Morgan fingerprint density at radius 3 is 2.56 bits per heavy atom. The van der Waals surface area contributed by atoms with Crippen molar-refractivity contribution in [2.45, 2.75) is 65.0 Å². The van der Waals surface area contributed by atoms with Crippen LogP contribution in [0.2, 0.25) is 0 Å². The van der Waals surface area contributed by atoms with Gasteiger partial charge in [0.15, 0.2) is 0 Å². The van der Waals surface area contributed by atoms with Crippen LogP contribution in [0.1, 0.15) is 52.9 Å².